The van der Waals surface area contributed by atoms with E-state index in [0.29, 0.717) is 39.4 Å². The highest BCUT2D eigenvalue weighted by molar-refractivity contribution is 7.99. The van der Waals surface area contributed by atoms with Crippen LogP contribution in [0.4, 0.5) is 5.13 Å². The number of benzene rings is 1. The molecule has 0 saturated heterocycles. The van der Waals surface area contributed by atoms with Gasteiger partial charge in [0.1, 0.15) is 5.39 Å². The molecule has 186 valence electrons. The molecule has 1 aliphatic heterocycles. The van der Waals surface area contributed by atoms with Crippen molar-refractivity contribution in [3.63, 3.8) is 0 Å². The topological polar surface area (TPSA) is 121 Å². The number of aromatic nitrogens is 5. The molecule has 0 radical (unpaired) electrons. The quantitative estimate of drug-likeness (QED) is 0.288. The van der Waals surface area contributed by atoms with E-state index in [1.54, 1.807) is 21.6 Å². The first-order valence-corrected chi connectivity index (χ1v) is 13.3. The molecule has 10 nitrogen and oxygen atoms in total. The number of hydrogen-bond donors (Lipinski definition) is 1. The molecule has 1 aliphatic rings. The molecule has 12 heteroatoms. The van der Waals surface area contributed by atoms with Gasteiger partial charge in [-0.05, 0) is 32.4 Å². The Balaban J connectivity index is 1.34. The van der Waals surface area contributed by atoms with Gasteiger partial charge < -0.3 is 10.1 Å². The van der Waals surface area contributed by atoms with Crippen molar-refractivity contribution in [1.82, 2.24) is 24.3 Å². The number of fused-ring (bicyclic) bond motifs is 2. The summed E-state index contributed by atoms with van der Waals surface area (Å²) < 4.78 is 8.22. The summed E-state index contributed by atoms with van der Waals surface area (Å²) in [6, 6.07) is 5.70. The molecule has 1 amide bonds. The number of rotatable bonds is 7. The number of thiazole rings is 1. The molecular weight excluding hydrogens is 500 g/mol. The van der Waals surface area contributed by atoms with Gasteiger partial charge in [0.05, 0.1) is 36.6 Å². The number of ether oxygens (including phenoxy) is 1. The van der Waals surface area contributed by atoms with Crippen LogP contribution in [0.15, 0.2) is 39.7 Å². The molecule has 0 saturated carbocycles. The minimum atomic E-state index is -0.362. The van der Waals surface area contributed by atoms with Crippen LogP contribution in [0.2, 0.25) is 0 Å². The Morgan fingerprint density at radius 1 is 1.25 bits per heavy atom. The third-order valence-electron chi connectivity index (χ3n) is 5.80. The monoisotopic (exact) mass is 524 g/mol. The van der Waals surface area contributed by atoms with Crippen LogP contribution in [-0.2, 0) is 20.7 Å². The molecule has 3 aromatic heterocycles. The van der Waals surface area contributed by atoms with Crippen molar-refractivity contribution >= 4 is 51.1 Å². The van der Waals surface area contributed by atoms with Gasteiger partial charge in [-0.25, -0.2) is 14.6 Å². The van der Waals surface area contributed by atoms with Gasteiger partial charge in [-0.1, -0.05) is 29.5 Å². The second-order valence-corrected chi connectivity index (χ2v) is 10.3. The van der Waals surface area contributed by atoms with Gasteiger partial charge in [0.2, 0.25) is 5.91 Å². The lowest BCUT2D eigenvalue weighted by molar-refractivity contribution is -0.142. The van der Waals surface area contributed by atoms with Crippen LogP contribution in [0.3, 0.4) is 0 Å². The van der Waals surface area contributed by atoms with Crippen molar-refractivity contribution in [3.8, 4) is 5.69 Å². The highest BCUT2D eigenvalue weighted by Crippen LogP contribution is 2.34. The summed E-state index contributed by atoms with van der Waals surface area (Å²) in [7, 11) is 0. The van der Waals surface area contributed by atoms with Gasteiger partial charge in [0, 0.05) is 17.6 Å². The number of amides is 1. The maximum atomic E-state index is 13.4. The van der Waals surface area contributed by atoms with Gasteiger partial charge in [-0.15, -0.1) is 11.3 Å². The molecular formula is C24H24N6O4S2. The van der Waals surface area contributed by atoms with Crippen LogP contribution in [0.25, 0.3) is 16.7 Å². The van der Waals surface area contributed by atoms with E-state index < -0.39 is 0 Å². The van der Waals surface area contributed by atoms with Gasteiger partial charge in [-0.3, -0.25) is 19.0 Å². The summed E-state index contributed by atoms with van der Waals surface area (Å²) in [5.41, 5.74) is 3.90. The molecule has 0 spiro atoms. The minimum Gasteiger partial charge on any atom is -0.466 e. The average Bonchev–Trinajstić information content (AvgIpc) is 3.54. The fraction of sp³-hybridized carbons (Fsp3) is 0.333. The van der Waals surface area contributed by atoms with Crippen LogP contribution in [0, 0.1) is 13.8 Å². The molecule has 1 atom stereocenters. The lowest BCUT2D eigenvalue weighted by Gasteiger charge is -2.13. The molecule has 0 aliphatic carbocycles. The summed E-state index contributed by atoms with van der Waals surface area (Å²) >= 11 is 2.69. The number of aryl methyl sites for hydroxylation is 2. The third-order valence-corrected chi connectivity index (χ3v) is 7.71. The summed E-state index contributed by atoms with van der Waals surface area (Å²) in [6.07, 6.45) is 1.70. The van der Waals surface area contributed by atoms with E-state index in [1.807, 2.05) is 26.0 Å². The van der Waals surface area contributed by atoms with E-state index in [-0.39, 0.29) is 36.3 Å². The zero-order valence-corrected chi connectivity index (χ0v) is 21.6. The molecule has 1 aromatic carbocycles. The van der Waals surface area contributed by atoms with Gasteiger partial charge >= 0.3 is 5.97 Å². The van der Waals surface area contributed by atoms with Crippen LogP contribution >= 0.6 is 23.1 Å². The summed E-state index contributed by atoms with van der Waals surface area (Å²) in [4.78, 5) is 46.8. The fourth-order valence-electron chi connectivity index (χ4n) is 4.19. The fourth-order valence-corrected chi connectivity index (χ4v) is 6.05. The second kappa shape index (κ2) is 9.86. The molecule has 0 bridgehead atoms. The van der Waals surface area contributed by atoms with E-state index in [2.05, 4.69) is 21.5 Å². The number of carbonyl (C=O) groups excluding carboxylic acids is 2. The third kappa shape index (κ3) is 4.65. The van der Waals surface area contributed by atoms with E-state index in [1.165, 1.54) is 29.3 Å². The van der Waals surface area contributed by atoms with Gasteiger partial charge in [0.15, 0.2) is 15.9 Å². The smallest absolute Gasteiger partial charge is 0.311 e. The van der Waals surface area contributed by atoms with E-state index in [9.17, 15) is 14.4 Å². The van der Waals surface area contributed by atoms with Crippen LogP contribution in [0.1, 0.15) is 36.2 Å². The van der Waals surface area contributed by atoms with Crippen molar-refractivity contribution in [1.29, 1.82) is 0 Å². The number of hydrogen-bond acceptors (Lipinski definition) is 9. The molecule has 1 unspecified atom stereocenters. The molecule has 5 rings (SSSR count). The highest BCUT2D eigenvalue weighted by atomic mass is 32.2. The highest BCUT2D eigenvalue weighted by Gasteiger charge is 2.30. The van der Waals surface area contributed by atoms with Gasteiger partial charge in [-0.2, -0.15) is 5.10 Å². The zero-order chi connectivity index (χ0) is 25.4. The molecule has 4 aromatic rings. The number of esters is 1. The van der Waals surface area contributed by atoms with E-state index in [0.717, 1.165) is 16.8 Å². The SMILES string of the molecule is CCOC(=O)Cc1csc(NC(=O)CC2CSc3nc4c(cnn4-c4ccc(C)cc4C)c(=O)n32)n1. The molecule has 36 heavy (non-hydrogen) atoms. The predicted molar refractivity (Wildman–Crippen MR) is 138 cm³/mol. The largest absolute Gasteiger partial charge is 0.466 e. The van der Waals surface area contributed by atoms with E-state index >= 15 is 0 Å². The lowest BCUT2D eigenvalue weighted by Crippen LogP contribution is -2.27. The van der Waals surface area contributed by atoms with Gasteiger partial charge in [0.25, 0.3) is 5.56 Å². The number of thioether (sulfide) groups is 1. The number of nitrogens with one attached hydrogen (secondary N) is 1. The molecule has 0 fully saturated rings. The zero-order valence-electron chi connectivity index (χ0n) is 20.0. The summed E-state index contributed by atoms with van der Waals surface area (Å²) in [6.45, 7) is 6.08. The van der Waals surface area contributed by atoms with Crippen molar-refractivity contribution in [2.75, 3.05) is 17.7 Å². The first-order chi connectivity index (χ1) is 17.3. The Bertz CT molecular complexity index is 1540. The standard InChI is InChI=1S/C24H24N6O4S2/c1-4-34-20(32)8-15-11-35-23(26-15)27-19(31)9-16-12-36-24-28-21-17(22(33)29(16)24)10-25-30(21)18-6-5-13(2)7-14(18)3/h5-7,10-11,16H,4,8-9,12H2,1-3H3,(H,26,27,31). The maximum absolute atomic E-state index is 13.4. The minimum absolute atomic E-state index is 0.0553. The Morgan fingerprint density at radius 3 is 2.86 bits per heavy atom. The first-order valence-electron chi connectivity index (χ1n) is 11.4. The van der Waals surface area contributed by atoms with Crippen LogP contribution in [0.5, 0.6) is 0 Å². The van der Waals surface area contributed by atoms with Crippen molar-refractivity contribution < 1.29 is 14.3 Å². The van der Waals surface area contributed by atoms with Crippen molar-refractivity contribution in [3.05, 3.63) is 57.0 Å². The Labute approximate surface area is 214 Å². The maximum Gasteiger partial charge on any atom is 0.311 e. The Morgan fingerprint density at radius 2 is 2.08 bits per heavy atom. The molecule has 4 heterocycles. The van der Waals surface area contributed by atoms with Crippen molar-refractivity contribution in [2.45, 2.75) is 44.8 Å². The number of anilines is 1. The number of nitrogens with zero attached hydrogens (tertiary/aromatic N) is 5. The normalized spacial score (nSPS) is 14.7. The molecule has 1 N–H and O–H groups in total. The summed E-state index contributed by atoms with van der Waals surface area (Å²) in [5.74, 6) is -0.0617. The Hall–Kier alpha value is -3.51. The van der Waals surface area contributed by atoms with Crippen LogP contribution in [-0.4, -0.2) is 48.6 Å². The van der Waals surface area contributed by atoms with Crippen molar-refractivity contribution in [2.24, 2.45) is 0 Å². The summed E-state index contributed by atoms with van der Waals surface area (Å²) in [5, 5.41) is 10.3. The van der Waals surface area contributed by atoms with Crippen LogP contribution < -0.4 is 10.9 Å². The second-order valence-electron chi connectivity index (χ2n) is 8.50. The van der Waals surface area contributed by atoms with E-state index in [4.69, 9.17) is 9.72 Å². The number of carbonyl (C=O) groups is 2. The predicted octanol–water partition coefficient (Wildman–Crippen LogP) is 3.44. The first kappa shape index (κ1) is 24.2. The lowest BCUT2D eigenvalue weighted by atomic mass is 10.1. The average molecular weight is 525 g/mol. The Kier molecular flexibility index (Phi) is 6.63.